The summed E-state index contributed by atoms with van der Waals surface area (Å²) < 4.78 is 0. The van der Waals surface area contributed by atoms with E-state index in [1.165, 1.54) is 60.8 Å². The molecule has 0 radical (unpaired) electrons. The first-order valence-electron chi connectivity index (χ1n) is 9.05. The molecule has 1 atom stereocenters. The monoisotopic (exact) mass is 310 g/mol. The van der Waals surface area contributed by atoms with E-state index in [1.54, 1.807) is 0 Å². The van der Waals surface area contributed by atoms with Crippen LogP contribution in [0.15, 0.2) is 48.5 Å². The molecule has 1 heteroatoms. The van der Waals surface area contributed by atoms with Crippen LogP contribution in [-0.4, -0.2) is 11.2 Å². The number of hydrogen-bond acceptors (Lipinski definition) is 1. The van der Waals surface area contributed by atoms with E-state index in [0.29, 0.717) is 0 Å². The molecular weight excluding hydrogens is 280 g/mol. The smallest absolute Gasteiger partial charge is 0.0552 e. The van der Waals surface area contributed by atoms with Gasteiger partial charge >= 0.3 is 0 Å². The lowest BCUT2D eigenvalue weighted by Gasteiger charge is -2.07. The fourth-order valence-corrected chi connectivity index (χ4v) is 2.97. The highest BCUT2D eigenvalue weighted by atomic mass is 16.3. The van der Waals surface area contributed by atoms with E-state index in [9.17, 15) is 5.11 Å². The maximum atomic E-state index is 9.44. The minimum Gasteiger partial charge on any atom is -0.393 e. The number of rotatable bonds is 9. The third kappa shape index (κ3) is 6.19. The molecule has 0 aliphatic rings. The quantitative estimate of drug-likeness (QED) is 0.581. The molecule has 23 heavy (non-hydrogen) atoms. The molecule has 1 unspecified atom stereocenters. The zero-order valence-electron chi connectivity index (χ0n) is 14.6. The van der Waals surface area contributed by atoms with Gasteiger partial charge in [0.1, 0.15) is 0 Å². The van der Waals surface area contributed by atoms with Crippen LogP contribution in [0.2, 0.25) is 0 Å². The Kier molecular flexibility index (Phi) is 7.35. The van der Waals surface area contributed by atoms with Gasteiger partial charge in [-0.05, 0) is 48.4 Å². The van der Waals surface area contributed by atoms with Crippen molar-refractivity contribution in [2.45, 2.75) is 64.9 Å². The maximum Gasteiger partial charge on any atom is 0.0552 e. The Morgan fingerprint density at radius 2 is 1.26 bits per heavy atom. The number of unbranched alkanes of at least 4 members (excludes halogenated alkanes) is 4. The van der Waals surface area contributed by atoms with Gasteiger partial charge in [0, 0.05) is 0 Å². The second-order valence-corrected chi connectivity index (χ2v) is 6.61. The molecule has 124 valence electrons. The Bertz CT molecular complexity index is 552. The molecule has 1 N–H and O–H groups in total. The normalized spacial score (nSPS) is 12.3. The molecule has 0 aromatic heterocycles. The lowest BCUT2D eigenvalue weighted by Crippen LogP contribution is -2.03. The first-order valence-corrected chi connectivity index (χ1v) is 9.05. The van der Waals surface area contributed by atoms with Crippen molar-refractivity contribution in [1.82, 2.24) is 0 Å². The number of aliphatic hydroxyl groups excluding tert-OH is 1. The standard InChI is InChI=1S/C22H30O/c1-3-4-5-6-7-8-19-9-13-21(14-10-19)22-15-11-20(12-16-22)17-18(2)23/h9-16,18,23H,3-8,17H2,1-2H3. The highest BCUT2D eigenvalue weighted by Gasteiger charge is 2.02. The molecule has 2 aromatic carbocycles. The maximum absolute atomic E-state index is 9.44. The fourth-order valence-electron chi connectivity index (χ4n) is 2.97. The molecule has 0 bridgehead atoms. The summed E-state index contributed by atoms with van der Waals surface area (Å²) in [6.07, 6.45) is 8.32. The van der Waals surface area contributed by atoms with Gasteiger partial charge in [-0.1, -0.05) is 81.1 Å². The van der Waals surface area contributed by atoms with E-state index in [0.717, 1.165) is 6.42 Å². The highest BCUT2D eigenvalue weighted by Crippen LogP contribution is 2.21. The van der Waals surface area contributed by atoms with Crippen molar-refractivity contribution >= 4 is 0 Å². The van der Waals surface area contributed by atoms with E-state index in [-0.39, 0.29) is 6.10 Å². The van der Waals surface area contributed by atoms with E-state index >= 15 is 0 Å². The van der Waals surface area contributed by atoms with Crippen LogP contribution in [0.25, 0.3) is 11.1 Å². The second-order valence-electron chi connectivity index (χ2n) is 6.61. The van der Waals surface area contributed by atoms with Crippen LogP contribution in [0.5, 0.6) is 0 Å². The summed E-state index contributed by atoms with van der Waals surface area (Å²) in [5, 5.41) is 9.44. The lowest BCUT2D eigenvalue weighted by atomic mass is 9.99. The lowest BCUT2D eigenvalue weighted by molar-refractivity contribution is 0.195. The van der Waals surface area contributed by atoms with Crippen LogP contribution in [0, 0.1) is 0 Å². The van der Waals surface area contributed by atoms with Crippen molar-refractivity contribution in [3.8, 4) is 11.1 Å². The molecule has 0 aliphatic carbocycles. The molecule has 0 amide bonds. The summed E-state index contributed by atoms with van der Waals surface area (Å²) in [6.45, 7) is 4.09. The predicted octanol–water partition coefficient (Wildman–Crippen LogP) is 5.79. The van der Waals surface area contributed by atoms with Gasteiger partial charge in [-0.25, -0.2) is 0 Å². The Morgan fingerprint density at radius 1 is 0.739 bits per heavy atom. The molecule has 0 aliphatic heterocycles. The Labute approximate surface area is 141 Å². The van der Waals surface area contributed by atoms with Crippen LogP contribution in [0.3, 0.4) is 0 Å². The van der Waals surface area contributed by atoms with Crippen molar-refractivity contribution in [2.24, 2.45) is 0 Å². The van der Waals surface area contributed by atoms with E-state index in [2.05, 4.69) is 55.5 Å². The molecule has 0 fully saturated rings. The highest BCUT2D eigenvalue weighted by molar-refractivity contribution is 5.64. The molecule has 2 aromatic rings. The zero-order chi connectivity index (χ0) is 16.5. The second kappa shape index (κ2) is 9.52. The van der Waals surface area contributed by atoms with Crippen LogP contribution in [-0.2, 0) is 12.8 Å². The van der Waals surface area contributed by atoms with E-state index in [1.807, 2.05) is 6.92 Å². The summed E-state index contributed by atoms with van der Waals surface area (Å²) >= 11 is 0. The van der Waals surface area contributed by atoms with E-state index < -0.39 is 0 Å². The van der Waals surface area contributed by atoms with Crippen molar-refractivity contribution < 1.29 is 5.11 Å². The molecule has 0 heterocycles. The molecule has 2 rings (SSSR count). The minimum absolute atomic E-state index is 0.280. The van der Waals surface area contributed by atoms with Gasteiger partial charge < -0.3 is 5.11 Å². The average Bonchev–Trinajstić information content (AvgIpc) is 2.55. The first-order chi connectivity index (χ1) is 11.2. The van der Waals surface area contributed by atoms with Crippen LogP contribution < -0.4 is 0 Å². The molecule has 1 nitrogen and oxygen atoms in total. The van der Waals surface area contributed by atoms with Crippen LogP contribution in [0.4, 0.5) is 0 Å². The number of benzene rings is 2. The van der Waals surface area contributed by atoms with Gasteiger partial charge in [0.25, 0.3) is 0 Å². The summed E-state index contributed by atoms with van der Waals surface area (Å²) in [5.41, 5.74) is 5.14. The van der Waals surface area contributed by atoms with Gasteiger partial charge in [-0.3, -0.25) is 0 Å². The molecule has 0 saturated heterocycles. The Morgan fingerprint density at radius 3 is 1.78 bits per heavy atom. The Hall–Kier alpha value is -1.60. The summed E-state index contributed by atoms with van der Waals surface area (Å²) in [5.74, 6) is 0. The molecule has 0 spiro atoms. The van der Waals surface area contributed by atoms with Crippen LogP contribution >= 0.6 is 0 Å². The van der Waals surface area contributed by atoms with Gasteiger partial charge in [-0.15, -0.1) is 0 Å². The topological polar surface area (TPSA) is 20.2 Å². The summed E-state index contributed by atoms with van der Waals surface area (Å²) in [6, 6.07) is 17.5. The van der Waals surface area contributed by atoms with E-state index in [4.69, 9.17) is 0 Å². The summed E-state index contributed by atoms with van der Waals surface area (Å²) in [4.78, 5) is 0. The SMILES string of the molecule is CCCCCCCc1ccc(-c2ccc(CC(C)O)cc2)cc1. The third-order valence-electron chi connectivity index (χ3n) is 4.34. The van der Waals surface area contributed by atoms with Crippen molar-refractivity contribution in [3.05, 3.63) is 59.7 Å². The van der Waals surface area contributed by atoms with Crippen molar-refractivity contribution in [2.75, 3.05) is 0 Å². The fraction of sp³-hybridized carbons (Fsp3) is 0.455. The number of hydrogen-bond donors (Lipinski definition) is 1. The minimum atomic E-state index is -0.280. The zero-order valence-corrected chi connectivity index (χ0v) is 14.6. The first kappa shape index (κ1) is 17.7. The molecule has 0 saturated carbocycles. The third-order valence-corrected chi connectivity index (χ3v) is 4.34. The largest absolute Gasteiger partial charge is 0.393 e. The number of aryl methyl sites for hydroxylation is 1. The van der Waals surface area contributed by atoms with Crippen LogP contribution in [0.1, 0.15) is 57.1 Å². The van der Waals surface area contributed by atoms with Gasteiger partial charge in [0.15, 0.2) is 0 Å². The Balaban J connectivity index is 1.88. The average molecular weight is 310 g/mol. The predicted molar refractivity (Wildman–Crippen MR) is 99.7 cm³/mol. The van der Waals surface area contributed by atoms with Gasteiger partial charge in [0.2, 0.25) is 0 Å². The van der Waals surface area contributed by atoms with Crippen molar-refractivity contribution in [1.29, 1.82) is 0 Å². The van der Waals surface area contributed by atoms with Crippen molar-refractivity contribution in [3.63, 3.8) is 0 Å². The summed E-state index contributed by atoms with van der Waals surface area (Å²) in [7, 11) is 0. The molecular formula is C22H30O. The van der Waals surface area contributed by atoms with Gasteiger partial charge in [-0.2, -0.15) is 0 Å². The number of aliphatic hydroxyl groups is 1. The van der Waals surface area contributed by atoms with Gasteiger partial charge in [0.05, 0.1) is 6.10 Å².